The number of hydrogen-bond donors (Lipinski definition) is 1. The number of amides is 1. The summed E-state index contributed by atoms with van der Waals surface area (Å²) in [5.41, 5.74) is 7.30. The van der Waals surface area contributed by atoms with Crippen molar-refractivity contribution in [2.24, 2.45) is 5.73 Å². The smallest absolute Gasteiger partial charge is 0.274 e. The lowest BCUT2D eigenvalue weighted by Gasteiger charge is -2.29. The second-order valence-electron chi connectivity index (χ2n) is 5.11. The molecule has 5 nitrogen and oxygen atoms in total. The van der Waals surface area contributed by atoms with Gasteiger partial charge in [-0.3, -0.25) is 4.79 Å². The van der Waals surface area contributed by atoms with Crippen molar-refractivity contribution in [1.82, 2.24) is 14.7 Å². The van der Waals surface area contributed by atoms with E-state index < -0.39 is 0 Å². The molecule has 0 aliphatic carbocycles. The van der Waals surface area contributed by atoms with Crippen molar-refractivity contribution >= 4 is 5.91 Å². The lowest BCUT2D eigenvalue weighted by atomic mass is 10.1. The van der Waals surface area contributed by atoms with Gasteiger partial charge in [0.05, 0.1) is 5.69 Å². The number of nitrogens with two attached hydrogens (primary N) is 1. The van der Waals surface area contributed by atoms with Crippen LogP contribution in [-0.2, 0) is 0 Å². The minimum atomic E-state index is -0.00780. The van der Waals surface area contributed by atoms with Gasteiger partial charge in [0.2, 0.25) is 0 Å². The van der Waals surface area contributed by atoms with Gasteiger partial charge in [-0.15, -0.1) is 0 Å². The van der Waals surface area contributed by atoms with E-state index in [1.165, 1.54) is 0 Å². The van der Waals surface area contributed by atoms with E-state index in [1.54, 1.807) is 10.7 Å². The summed E-state index contributed by atoms with van der Waals surface area (Å²) in [5.74, 6) is -0.00780. The summed E-state index contributed by atoms with van der Waals surface area (Å²) in [6.45, 7) is 1.44. The van der Waals surface area contributed by atoms with Gasteiger partial charge in [0.1, 0.15) is 0 Å². The van der Waals surface area contributed by atoms with E-state index >= 15 is 0 Å². The fourth-order valence-electron chi connectivity index (χ4n) is 2.43. The highest BCUT2D eigenvalue weighted by atomic mass is 16.2. The van der Waals surface area contributed by atoms with Gasteiger partial charge in [-0.2, -0.15) is 5.10 Å². The van der Waals surface area contributed by atoms with Crippen LogP contribution in [0.5, 0.6) is 0 Å². The summed E-state index contributed by atoms with van der Waals surface area (Å²) in [6, 6.07) is 11.8. The summed E-state index contributed by atoms with van der Waals surface area (Å²) < 4.78 is 1.73. The molecular formula is C15H18N4O. The predicted molar refractivity (Wildman–Crippen MR) is 76.7 cm³/mol. The quantitative estimate of drug-likeness (QED) is 0.898. The Balaban J connectivity index is 1.75. The molecule has 1 aromatic heterocycles. The number of rotatable bonds is 2. The van der Waals surface area contributed by atoms with E-state index in [0.717, 1.165) is 31.6 Å². The van der Waals surface area contributed by atoms with Crippen LogP contribution < -0.4 is 5.73 Å². The predicted octanol–water partition coefficient (Wildman–Crippen LogP) is 1.44. The van der Waals surface area contributed by atoms with Crippen molar-refractivity contribution < 1.29 is 4.79 Å². The molecular weight excluding hydrogens is 252 g/mol. The standard InChI is InChI=1S/C15H18N4O/c16-12-6-9-18(10-7-12)15(20)14-8-11-19(17-14)13-4-2-1-3-5-13/h1-5,8,11-12H,6-7,9-10,16H2. The molecule has 104 valence electrons. The van der Waals surface area contributed by atoms with Crippen LogP contribution in [0, 0.1) is 0 Å². The van der Waals surface area contributed by atoms with Crippen molar-refractivity contribution in [2.75, 3.05) is 13.1 Å². The number of carbonyl (C=O) groups is 1. The highest BCUT2D eigenvalue weighted by Crippen LogP contribution is 2.13. The number of benzene rings is 1. The van der Waals surface area contributed by atoms with Gasteiger partial charge in [-0.05, 0) is 31.0 Å². The maximum absolute atomic E-state index is 12.4. The van der Waals surface area contributed by atoms with Crippen molar-refractivity contribution in [3.8, 4) is 5.69 Å². The number of nitrogens with zero attached hydrogens (tertiary/aromatic N) is 3. The van der Waals surface area contributed by atoms with Gasteiger partial charge in [0, 0.05) is 25.3 Å². The highest BCUT2D eigenvalue weighted by Gasteiger charge is 2.23. The van der Waals surface area contributed by atoms with E-state index in [0.29, 0.717) is 5.69 Å². The minimum Gasteiger partial charge on any atom is -0.337 e. The molecule has 20 heavy (non-hydrogen) atoms. The second-order valence-corrected chi connectivity index (χ2v) is 5.11. The van der Waals surface area contributed by atoms with Crippen LogP contribution in [0.25, 0.3) is 5.69 Å². The van der Waals surface area contributed by atoms with Crippen LogP contribution in [0.2, 0.25) is 0 Å². The third-order valence-corrected chi connectivity index (χ3v) is 3.66. The average molecular weight is 270 g/mol. The SMILES string of the molecule is NC1CCN(C(=O)c2ccn(-c3ccccc3)n2)CC1. The first kappa shape index (κ1) is 12.9. The molecule has 0 atom stereocenters. The maximum Gasteiger partial charge on any atom is 0.274 e. The van der Waals surface area contributed by atoms with E-state index in [2.05, 4.69) is 5.10 Å². The van der Waals surface area contributed by atoms with Crippen molar-refractivity contribution in [2.45, 2.75) is 18.9 Å². The monoisotopic (exact) mass is 270 g/mol. The van der Waals surface area contributed by atoms with Crippen LogP contribution in [0.1, 0.15) is 23.3 Å². The van der Waals surface area contributed by atoms with E-state index in [9.17, 15) is 4.79 Å². The topological polar surface area (TPSA) is 64.2 Å². The zero-order valence-corrected chi connectivity index (χ0v) is 11.3. The first-order valence-electron chi connectivity index (χ1n) is 6.90. The van der Waals surface area contributed by atoms with Crippen LogP contribution in [0.3, 0.4) is 0 Å². The first-order chi connectivity index (χ1) is 9.74. The molecule has 2 aromatic rings. The molecule has 3 rings (SSSR count). The molecule has 0 bridgehead atoms. The fourth-order valence-corrected chi connectivity index (χ4v) is 2.43. The molecule has 0 saturated carbocycles. The molecule has 0 radical (unpaired) electrons. The molecule has 2 N–H and O–H groups in total. The van der Waals surface area contributed by atoms with Gasteiger partial charge in [0.15, 0.2) is 5.69 Å². The van der Waals surface area contributed by atoms with Gasteiger partial charge >= 0.3 is 0 Å². The average Bonchev–Trinajstić information content (AvgIpc) is 2.98. The fraction of sp³-hybridized carbons (Fsp3) is 0.333. The molecule has 1 amide bonds. The third-order valence-electron chi connectivity index (χ3n) is 3.66. The number of para-hydroxylation sites is 1. The molecule has 1 aliphatic rings. The molecule has 0 unspecified atom stereocenters. The van der Waals surface area contributed by atoms with Gasteiger partial charge in [-0.1, -0.05) is 18.2 Å². The highest BCUT2D eigenvalue weighted by molar-refractivity contribution is 5.92. The zero-order chi connectivity index (χ0) is 13.9. The number of hydrogen-bond acceptors (Lipinski definition) is 3. The Morgan fingerprint density at radius 3 is 2.55 bits per heavy atom. The summed E-state index contributed by atoms with van der Waals surface area (Å²) in [6.07, 6.45) is 3.55. The van der Waals surface area contributed by atoms with Crippen molar-refractivity contribution in [1.29, 1.82) is 0 Å². The van der Waals surface area contributed by atoms with Gasteiger partial charge in [-0.25, -0.2) is 4.68 Å². The largest absolute Gasteiger partial charge is 0.337 e. The van der Waals surface area contributed by atoms with Crippen LogP contribution in [-0.4, -0.2) is 39.7 Å². The molecule has 5 heteroatoms. The van der Waals surface area contributed by atoms with Crippen LogP contribution in [0.4, 0.5) is 0 Å². The first-order valence-corrected chi connectivity index (χ1v) is 6.90. The minimum absolute atomic E-state index is 0.00780. The Kier molecular flexibility index (Phi) is 3.52. The molecule has 1 fully saturated rings. The number of likely N-dealkylation sites (tertiary alicyclic amines) is 1. The summed E-state index contributed by atoms with van der Waals surface area (Å²) in [7, 11) is 0. The third kappa shape index (κ3) is 2.58. The summed E-state index contributed by atoms with van der Waals surface area (Å²) in [5, 5.41) is 4.37. The van der Waals surface area contributed by atoms with E-state index in [4.69, 9.17) is 5.73 Å². The Morgan fingerprint density at radius 1 is 1.15 bits per heavy atom. The Morgan fingerprint density at radius 2 is 1.85 bits per heavy atom. The maximum atomic E-state index is 12.4. The lowest BCUT2D eigenvalue weighted by Crippen LogP contribution is -2.43. The lowest BCUT2D eigenvalue weighted by molar-refractivity contribution is 0.0708. The summed E-state index contributed by atoms with van der Waals surface area (Å²) in [4.78, 5) is 14.2. The molecule has 0 spiro atoms. The Hall–Kier alpha value is -2.14. The van der Waals surface area contributed by atoms with Crippen LogP contribution in [0.15, 0.2) is 42.6 Å². The number of piperidine rings is 1. The van der Waals surface area contributed by atoms with Crippen LogP contribution >= 0.6 is 0 Å². The number of carbonyl (C=O) groups excluding carboxylic acids is 1. The normalized spacial score (nSPS) is 16.4. The van der Waals surface area contributed by atoms with E-state index in [-0.39, 0.29) is 11.9 Å². The molecule has 2 heterocycles. The van der Waals surface area contributed by atoms with Crippen molar-refractivity contribution in [3.05, 3.63) is 48.3 Å². The number of aromatic nitrogens is 2. The second kappa shape index (κ2) is 5.46. The molecule has 1 saturated heterocycles. The van der Waals surface area contributed by atoms with Gasteiger partial charge < -0.3 is 10.6 Å². The van der Waals surface area contributed by atoms with Crippen molar-refractivity contribution in [3.63, 3.8) is 0 Å². The molecule has 1 aromatic carbocycles. The summed E-state index contributed by atoms with van der Waals surface area (Å²) >= 11 is 0. The van der Waals surface area contributed by atoms with Gasteiger partial charge in [0.25, 0.3) is 5.91 Å². The zero-order valence-electron chi connectivity index (χ0n) is 11.3. The Labute approximate surface area is 118 Å². The Bertz CT molecular complexity index is 585. The molecule has 1 aliphatic heterocycles. The van der Waals surface area contributed by atoms with E-state index in [1.807, 2.05) is 41.4 Å².